The van der Waals surface area contributed by atoms with Gasteiger partial charge in [-0.25, -0.2) is 28.8 Å². The smallest absolute Gasteiger partial charge is 0.412 e. The van der Waals surface area contributed by atoms with E-state index < -0.39 is 133 Å². The number of anilines is 3. The summed E-state index contributed by atoms with van der Waals surface area (Å²) in [7, 11) is 8.54. The molecule has 8 amide bonds. The molecule has 502 valence electrons. The van der Waals surface area contributed by atoms with Gasteiger partial charge in [-0.1, -0.05) is 54.5 Å². The van der Waals surface area contributed by atoms with Gasteiger partial charge in [-0.05, 0) is 68.7 Å². The number of allylic oxidation sites excluding steroid dienone is 3. The Morgan fingerprint density at radius 2 is 1.63 bits per heavy atom. The summed E-state index contributed by atoms with van der Waals surface area (Å²) < 4.78 is 56.2. The second kappa shape index (κ2) is 31.7. The lowest BCUT2D eigenvalue weighted by Gasteiger charge is -2.42. The lowest BCUT2D eigenvalue weighted by Crippen LogP contribution is -2.63. The largest absolute Gasteiger partial charge is 0.495 e. The maximum Gasteiger partial charge on any atom is 0.412 e. The molecule has 9 atom stereocenters. The van der Waals surface area contributed by atoms with Crippen LogP contribution in [-0.4, -0.2) is 221 Å². The van der Waals surface area contributed by atoms with Gasteiger partial charge in [0, 0.05) is 73.6 Å². The number of epoxide rings is 1. The number of amides is 8. The Morgan fingerprint density at radius 1 is 0.924 bits per heavy atom. The number of halogens is 1. The van der Waals surface area contributed by atoms with Crippen LogP contribution in [0.3, 0.4) is 0 Å². The number of esters is 1. The Bertz CT molecular complexity index is 3180. The summed E-state index contributed by atoms with van der Waals surface area (Å²) >= 11 is 6.82. The van der Waals surface area contributed by atoms with Crippen LogP contribution in [0.25, 0.3) is 0 Å². The maximum absolute atomic E-state index is 14.4. The molecule has 5 aliphatic rings. The molecule has 92 heavy (non-hydrogen) atoms. The number of carbonyl (C=O) groups is 10. The van der Waals surface area contributed by atoms with Crippen molar-refractivity contribution in [2.45, 2.75) is 121 Å². The molecule has 5 heterocycles. The molecule has 2 aromatic carbocycles. The first-order valence-corrected chi connectivity index (χ1v) is 29.9. The molecule has 0 aliphatic carbocycles. The molecule has 30 nitrogen and oxygen atoms in total. The minimum Gasteiger partial charge on any atom is -0.495 e. The van der Waals surface area contributed by atoms with E-state index in [9.17, 15) is 53.1 Å². The molecular weight excluding hydrogens is 1230 g/mol. The van der Waals surface area contributed by atoms with Crippen molar-refractivity contribution in [2.24, 2.45) is 5.92 Å². The minimum atomic E-state index is -1.92. The van der Waals surface area contributed by atoms with E-state index in [0.29, 0.717) is 28.5 Å². The summed E-state index contributed by atoms with van der Waals surface area (Å²) in [5.74, 6) is -4.75. The first-order valence-electron chi connectivity index (χ1n) is 29.5. The molecule has 0 radical (unpaired) electrons. The monoisotopic (exact) mass is 1310 g/mol. The fraction of sp³-hybridized carbons (Fsp3) is 0.541. The number of methoxy groups -OCH3 is 2. The van der Waals surface area contributed by atoms with Gasteiger partial charge in [-0.15, -0.1) is 5.06 Å². The van der Waals surface area contributed by atoms with Gasteiger partial charge in [0.2, 0.25) is 11.8 Å². The summed E-state index contributed by atoms with van der Waals surface area (Å²) in [5.41, 5.74) is -0.718. The molecule has 0 saturated carbocycles. The normalized spacial score (nSPS) is 25.7. The van der Waals surface area contributed by atoms with E-state index in [2.05, 4.69) is 16.0 Å². The SMILES string of the molecule is COc1cc2cc(c1Cl)N(C)C(=O)C[C@H](OC(=O)[C@H](C)N(C)C(=O)CCOC(=O)N(C)CCN(C)C(=O)OCc1ccc(NC(=O)OC3/C=C/COCOC3)c(NCC(=O)ON3C(=O)CCC3=O)c1)[C@]1(C)O[C@H]1[C@H](C)[C@@H]1C[C@@](O)(NC(=O)O1)[C@H](OC)/C=C/C=C(\C)C2. The summed E-state index contributed by atoms with van der Waals surface area (Å²) in [6.07, 6.45) is -0.608. The van der Waals surface area contributed by atoms with Crippen molar-refractivity contribution in [3.63, 3.8) is 0 Å². The number of ether oxygens (including phenoxy) is 10. The van der Waals surface area contributed by atoms with Gasteiger partial charge in [0.25, 0.3) is 11.8 Å². The highest BCUT2D eigenvalue weighted by atomic mass is 35.5. The summed E-state index contributed by atoms with van der Waals surface area (Å²) in [6.45, 7) is 5.59. The van der Waals surface area contributed by atoms with Crippen LogP contribution in [0.2, 0.25) is 5.02 Å². The van der Waals surface area contributed by atoms with Crippen LogP contribution in [-0.2, 0) is 89.3 Å². The van der Waals surface area contributed by atoms with Gasteiger partial charge in [0.1, 0.15) is 73.4 Å². The summed E-state index contributed by atoms with van der Waals surface area (Å²) in [5, 5.41) is 20.3. The van der Waals surface area contributed by atoms with E-state index in [1.54, 1.807) is 50.3 Å². The first kappa shape index (κ1) is 70.9. The Morgan fingerprint density at radius 3 is 2.33 bits per heavy atom. The van der Waals surface area contributed by atoms with E-state index >= 15 is 0 Å². The molecule has 1 unspecified atom stereocenters. The average Bonchev–Trinajstić information content (AvgIpc) is 1.57. The second-order valence-corrected chi connectivity index (χ2v) is 23.2. The fourth-order valence-corrected chi connectivity index (χ4v) is 10.6. The molecule has 7 rings (SSSR count). The molecule has 5 aliphatic heterocycles. The molecule has 0 aromatic heterocycles. The Balaban J connectivity index is 0.925. The van der Waals surface area contributed by atoms with Crippen molar-refractivity contribution < 1.29 is 105 Å². The van der Waals surface area contributed by atoms with Gasteiger partial charge in [0.05, 0.1) is 56.3 Å². The van der Waals surface area contributed by atoms with Crippen molar-refractivity contribution >= 4 is 88.6 Å². The molecule has 3 saturated heterocycles. The zero-order chi connectivity index (χ0) is 67.2. The van der Waals surface area contributed by atoms with Crippen LogP contribution in [0.15, 0.2) is 66.3 Å². The Kier molecular flexibility index (Phi) is 24.4. The third-order valence-corrected chi connectivity index (χ3v) is 16.4. The number of likely N-dealkylation sites (N-methyl/N-ethyl adjacent to an activating group) is 3. The van der Waals surface area contributed by atoms with Gasteiger partial charge in [-0.2, -0.15) is 0 Å². The molecule has 31 heteroatoms. The molecule has 2 aromatic rings. The number of aliphatic hydroxyl groups is 1. The summed E-state index contributed by atoms with van der Waals surface area (Å²) in [4.78, 5) is 141. The average molecular weight is 1310 g/mol. The van der Waals surface area contributed by atoms with Crippen molar-refractivity contribution in [3.8, 4) is 5.75 Å². The van der Waals surface area contributed by atoms with E-state index in [1.165, 1.54) is 77.3 Å². The number of fused-ring (bicyclic) bond motifs is 5. The number of imide groups is 1. The van der Waals surface area contributed by atoms with Crippen LogP contribution in [0.1, 0.15) is 70.9 Å². The zero-order valence-corrected chi connectivity index (χ0v) is 53.6. The predicted octanol–water partition coefficient (Wildman–Crippen LogP) is 4.74. The molecule has 0 spiro atoms. The van der Waals surface area contributed by atoms with Crippen LogP contribution in [0, 0.1) is 5.92 Å². The van der Waals surface area contributed by atoms with Crippen LogP contribution in [0.5, 0.6) is 5.75 Å². The van der Waals surface area contributed by atoms with E-state index in [1.807, 2.05) is 13.0 Å². The highest BCUT2D eigenvalue weighted by Crippen LogP contribution is 2.49. The standard InChI is InChI=1S/C61H79ClN8O22/c1-35-13-11-15-46(83-10)61(81)30-45(89-57(78)65-61)36(2)54-60(4,91-54)47(29-51(74)69(8)43-27-39(25-35)28-44(82-9)53(43)62)90-55(76)37(3)68(7)48(71)20-24-86-58(79)66(5)21-22-67(6)59(80)87-32-38-16-17-41(64-56(77)88-40-14-12-23-84-34-85-33-40)42(26-38)63-31-52(75)92-70-49(72)18-19-50(70)73/h11-17,26-28,36-37,40,45-47,54,63,81H,18-25,29-34H2,1-10H3,(H,64,77)(H,65,78)/b14-12+,15-11+,35-13+/t36-,37+,40?,45+,46-,47+,54+,60+,61+/m1/s1. The van der Waals surface area contributed by atoms with Gasteiger partial charge in [-0.3, -0.25) is 29.8 Å². The Labute approximate surface area is 536 Å². The topological polar surface area (TPSA) is 348 Å². The number of hydroxylamine groups is 2. The number of nitrogens with zero attached hydrogens (tertiary/aromatic N) is 5. The van der Waals surface area contributed by atoms with E-state index in [-0.39, 0.29) is 81.8 Å². The summed E-state index contributed by atoms with van der Waals surface area (Å²) in [6, 6.07) is 6.68. The second-order valence-electron chi connectivity index (χ2n) is 22.8. The lowest BCUT2D eigenvalue weighted by atomic mass is 9.83. The number of carbonyl (C=O) groups excluding carboxylic acids is 10. The quantitative estimate of drug-likeness (QED) is 0.0485. The molecule has 3 fully saturated rings. The zero-order valence-electron chi connectivity index (χ0n) is 52.8. The van der Waals surface area contributed by atoms with Crippen molar-refractivity contribution in [1.29, 1.82) is 0 Å². The third kappa shape index (κ3) is 18.4. The predicted molar refractivity (Wildman–Crippen MR) is 324 cm³/mol. The van der Waals surface area contributed by atoms with Crippen molar-refractivity contribution in [3.05, 3.63) is 82.4 Å². The number of benzene rings is 2. The van der Waals surface area contributed by atoms with Crippen LogP contribution < -0.4 is 25.6 Å². The molecule has 4 bridgehead atoms. The van der Waals surface area contributed by atoms with Gasteiger partial charge >= 0.3 is 36.3 Å². The van der Waals surface area contributed by atoms with E-state index in [4.69, 9.17) is 63.8 Å². The third-order valence-electron chi connectivity index (χ3n) is 16.0. The highest BCUT2D eigenvalue weighted by Gasteiger charge is 2.64. The number of hydrogen-bond donors (Lipinski definition) is 4. The number of rotatable bonds is 19. The van der Waals surface area contributed by atoms with Crippen LogP contribution in [0.4, 0.5) is 36.2 Å². The van der Waals surface area contributed by atoms with Crippen LogP contribution >= 0.6 is 11.6 Å². The molecule has 4 N–H and O–H groups in total. The minimum absolute atomic E-state index is 0.00212. The van der Waals surface area contributed by atoms with E-state index in [0.717, 1.165) is 20.9 Å². The van der Waals surface area contributed by atoms with Crippen molar-refractivity contribution in [2.75, 3.05) is 104 Å². The molecular formula is C61H79ClN8O22. The number of hydrogen-bond acceptors (Lipinski definition) is 23. The Hall–Kier alpha value is -8.55. The lowest BCUT2D eigenvalue weighted by molar-refractivity contribution is -0.196. The number of nitrogens with one attached hydrogen (secondary N) is 3. The number of alkyl carbamates (subject to hydrolysis) is 1. The van der Waals surface area contributed by atoms with Crippen molar-refractivity contribution in [1.82, 2.24) is 25.1 Å². The fourth-order valence-electron chi connectivity index (χ4n) is 10.3. The first-order chi connectivity index (χ1) is 43.6. The highest BCUT2D eigenvalue weighted by molar-refractivity contribution is 6.35. The maximum atomic E-state index is 14.4. The van der Waals surface area contributed by atoms with Gasteiger partial charge < -0.3 is 82.2 Å². The van der Waals surface area contributed by atoms with Gasteiger partial charge in [0.15, 0.2) is 5.72 Å².